The summed E-state index contributed by atoms with van der Waals surface area (Å²) < 4.78 is 32.5. The molecule has 1 aliphatic rings. The van der Waals surface area contributed by atoms with Crippen LogP contribution in [-0.2, 0) is 38.1 Å². The predicted molar refractivity (Wildman–Crippen MR) is 125 cm³/mol. The lowest BCUT2D eigenvalue weighted by Gasteiger charge is -2.46. The van der Waals surface area contributed by atoms with Crippen molar-refractivity contribution in [2.24, 2.45) is 11.8 Å². The summed E-state index contributed by atoms with van der Waals surface area (Å²) in [7, 11) is 0. The van der Waals surface area contributed by atoms with Crippen LogP contribution in [-0.4, -0.2) is 72.4 Å². The Balaban J connectivity index is 1.99. The zero-order chi connectivity index (χ0) is 26.9. The average Bonchev–Trinajstić information content (AvgIpc) is 3.29. The highest BCUT2D eigenvalue weighted by molar-refractivity contribution is 5.75. The van der Waals surface area contributed by atoms with Crippen molar-refractivity contribution in [3.8, 4) is 5.75 Å². The van der Waals surface area contributed by atoms with E-state index in [9.17, 15) is 19.2 Å². The fourth-order valence-electron chi connectivity index (χ4n) is 4.33. The van der Waals surface area contributed by atoms with E-state index in [2.05, 4.69) is 15.6 Å². The topological polar surface area (TPSA) is 165 Å². The predicted octanol–water partition coefficient (Wildman–Crippen LogP) is 1.53. The molecule has 1 aliphatic heterocycles. The number of benzene rings is 1. The van der Waals surface area contributed by atoms with Crippen molar-refractivity contribution < 1.29 is 47.5 Å². The summed E-state index contributed by atoms with van der Waals surface area (Å²) in [5, 5.41) is 10.3. The number of aromatic nitrogens is 2. The molecule has 0 bridgehead atoms. The van der Waals surface area contributed by atoms with E-state index in [-0.39, 0.29) is 32.7 Å². The van der Waals surface area contributed by atoms with E-state index >= 15 is 0 Å². The van der Waals surface area contributed by atoms with Crippen LogP contribution >= 0.6 is 0 Å². The van der Waals surface area contributed by atoms with Gasteiger partial charge in [0.1, 0.15) is 23.4 Å². The van der Waals surface area contributed by atoms with Gasteiger partial charge in [0.25, 0.3) is 0 Å². The summed E-state index contributed by atoms with van der Waals surface area (Å²) in [6.07, 6.45) is -2.29. The molecule has 0 aliphatic carbocycles. The molecule has 0 saturated carbocycles. The summed E-state index contributed by atoms with van der Waals surface area (Å²) in [5.74, 6) is -3.05. The molecule has 0 radical (unpaired) electrons. The Hall–Kier alpha value is -3.74. The van der Waals surface area contributed by atoms with Gasteiger partial charge in [-0.15, -0.1) is 0 Å². The summed E-state index contributed by atoms with van der Waals surface area (Å²) in [6, 6.07) is 3.95. The number of fused-ring (bicyclic) bond motifs is 1. The maximum atomic E-state index is 12.6. The third-order valence-corrected chi connectivity index (χ3v) is 5.80. The van der Waals surface area contributed by atoms with Crippen LogP contribution < -0.4 is 10.1 Å². The number of esters is 3. The van der Waals surface area contributed by atoms with Gasteiger partial charge in [0.15, 0.2) is 0 Å². The van der Waals surface area contributed by atoms with E-state index < -0.39 is 54.1 Å². The van der Waals surface area contributed by atoms with Crippen LogP contribution in [0.5, 0.6) is 5.75 Å². The highest BCUT2D eigenvalue weighted by Crippen LogP contribution is 2.38. The molecule has 5 atom stereocenters. The third-order valence-electron chi connectivity index (χ3n) is 5.80. The highest BCUT2D eigenvalue weighted by Gasteiger charge is 2.49. The molecule has 5 unspecified atom stereocenters. The minimum atomic E-state index is -1.13. The van der Waals surface area contributed by atoms with E-state index in [0.29, 0.717) is 16.8 Å². The number of amides is 1. The van der Waals surface area contributed by atoms with Gasteiger partial charge in [-0.2, -0.15) is 0 Å². The van der Waals surface area contributed by atoms with Crippen molar-refractivity contribution in [3.63, 3.8) is 0 Å². The van der Waals surface area contributed by atoms with Gasteiger partial charge in [0, 0.05) is 31.7 Å². The first kappa shape index (κ1) is 27.8. The second-order valence-electron chi connectivity index (χ2n) is 8.45. The van der Waals surface area contributed by atoms with Crippen LogP contribution in [0, 0.1) is 11.8 Å². The largest absolute Gasteiger partial charge is 0.466 e. The minimum Gasteiger partial charge on any atom is -0.466 e. The van der Waals surface area contributed by atoms with Crippen LogP contribution in [0.3, 0.4) is 0 Å². The third kappa shape index (κ3) is 7.62. The number of hydrogen-bond acceptors (Lipinski definition) is 12. The molecule has 13 nitrogen and oxygen atoms in total. The van der Waals surface area contributed by atoms with E-state index in [1.54, 1.807) is 32.0 Å². The van der Waals surface area contributed by atoms with Gasteiger partial charge in [0.05, 0.1) is 38.2 Å². The van der Waals surface area contributed by atoms with Crippen molar-refractivity contribution in [1.82, 2.24) is 15.6 Å². The van der Waals surface area contributed by atoms with Gasteiger partial charge in [-0.3, -0.25) is 19.2 Å². The summed E-state index contributed by atoms with van der Waals surface area (Å²) in [5.41, 5.74) is 0.946. The van der Waals surface area contributed by atoms with Crippen LogP contribution in [0.2, 0.25) is 0 Å². The lowest BCUT2D eigenvalue weighted by molar-refractivity contribution is -0.221. The van der Waals surface area contributed by atoms with Gasteiger partial charge < -0.3 is 29.0 Å². The molecule has 1 aromatic heterocycles. The molecular weight excluding hydrogens is 490 g/mol. The van der Waals surface area contributed by atoms with E-state index in [1.165, 1.54) is 13.8 Å². The average molecular weight is 522 g/mol. The standard InChI is InChI=1S/C24H31N3O10/c1-5-32-21(30)10-16-17(11-22(31)33-6-2)23(25-13(3)28)24(36-20(16)12-34-14(4)29)35-15-7-8-18-19(9-15)27-37-26-18/h7-9,16-17,20,23-24H,5-6,10-12H2,1-4H3,(H,25,28). The summed E-state index contributed by atoms with van der Waals surface area (Å²) >= 11 is 0. The van der Waals surface area contributed by atoms with Crippen molar-refractivity contribution in [2.75, 3.05) is 19.8 Å². The molecular formula is C24H31N3O10. The van der Waals surface area contributed by atoms with E-state index in [4.69, 9.17) is 28.3 Å². The van der Waals surface area contributed by atoms with Crippen LogP contribution in [0.15, 0.2) is 22.8 Å². The van der Waals surface area contributed by atoms with Gasteiger partial charge in [-0.05, 0) is 36.3 Å². The number of rotatable bonds is 11. The normalized spacial score (nSPS) is 23.2. The highest BCUT2D eigenvalue weighted by atomic mass is 16.7. The smallest absolute Gasteiger partial charge is 0.306 e. The lowest BCUT2D eigenvalue weighted by atomic mass is 9.75. The molecule has 2 heterocycles. The molecule has 1 saturated heterocycles. The summed E-state index contributed by atoms with van der Waals surface area (Å²) in [6.45, 7) is 6.01. The SMILES string of the molecule is CCOC(=O)CC1C(COC(C)=O)OC(Oc2ccc3nonc3c2)C(NC(C)=O)C1CC(=O)OCC. The minimum absolute atomic E-state index is 0.150. The fourth-order valence-corrected chi connectivity index (χ4v) is 4.33. The quantitative estimate of drug-likeness (QED) is 0.335. The Morgan fingerprint density at radius 3 is 2.19 bits per heavy atom. The van der Waals surface area contributed by atoms with E-state index in [1.807, 2.05) is 0 Å². The van der Waals surface area contributed by atoms with Gasteiger partial charge >= 0.3 is 17.9 Å². The Bertz CT molecular complexity index is 1100. The molecule has 13 heteroatoms. The maximum Gasteiger partial charge on any atom is 0.306 e. The first-order valence-electron chi connectivity index (χ1n) is 12.0. The summed E-state index contributed by atoms with van der Waals surface area (Å²) in [4.78, 5) is 48.9. The molecule has 37 heavy (non-hydrogen) atoms. The molecule has 1 N–H and O–H groups in total. The monoisotopic (exact) mass is 521 g/mol. The Kier molecular flexibility index (Phi) is 9.78. The molecule has 2 aromatic rings. The second-order valence-corrected chi connectivity index (χ2v) is 8.45. The van der Waals surface area contributed by atoms with Crippen molar-refractivity contribution in [2.45, 2.75) is 59.0 Å². The van der Waals surface area contributed by atoms with E-state index in [0.717, 1.165) is 0 Å². The van der Waals surface area contributed by atoms with Gasteiger partial charge in [-0.1, -0.05) is 0 Å². The number of hydrogen-bond donors (Lipinski definition) is 1. The Morgan fingerprint density at radius 2 is 1.57 bits per heavy atom. The van der Waals surface area contributed by atoms with Crippen molar-refractivity contribution >= 4 is 34.8 Å². The Labute approximate surface area is 213 Å². The van der Waals surface area contributed by atoms with Gasteiger partial charge in [0.2, 0.25) is 12.2 Å². The number of ether oxygens (including phenoxy) is 5. The van der Waals surface area contributed by atoms with Crippen molar-refractivity contribution in [1.29, 1.82) is 0 Å². The zero-order valence-electron chi connectivity index (χ0n) is 21.1. The van der Waals surface area contributed by atoms with Crippen molar-refractivity contribution in [3.05, 3.63) is 18.2 Å². The molecule has 202 valence electrons. The maximum absolute atomic E-state index is 12.6. The molecule has 1 fully saturated rings. The fraction of sp³-hybridized carbons (Fsp3) is 0.583. The molecule has 0 spiro atoms. The van der Waals surface area contributed by atoms with Crippen LogP contribution in [0.4, 0.5) is 0 Å². The number of nitrogens with one attached hydrogen (secondary N) is 1. The van der Waals surface area contributed by atoms with Crippen LogP contribution in [0.1, 0.15) is 40.5 Å². The number of carbonyl (C=O) groups is 4. The zero-order valence-corrected chi connectivity index (χ0v) is 21.1. The number of carbonyl (C=O) groups excluding carboxylic acids is 4. The second kappa shape index (κ2) is 13.0. The first-order valence-corrected chi connectivity index (χ1v) is 12.0. The Morgan fingerprint density at radius 1 is 0.919 bits per heavy atom. The number of nitrogens with zero attached hydrogens (tertiary/aromatic N) is 2. The van der Waals surface area contributed by atoms with Gasteiger partial charge in [-0.25, -0.2) is 4.63 Å². The van der Waals surface area contributed by atoms with Crippen LogP contribution in [0.25, 0.3) is 11.0 Å². The molecule has 3 rings (SSSR count). The first-order chi connectivity index (χ1) is 17.7. The lowest BCUT2D eigenvalue weighted by Crippen LogP contribution is -2.61. The molecule has 1 aromatic carbocycles. The molecule has 1 amide bonds.